The second-order valence-corrected chi connectivity index (χ2v) is 7.64. The van der Waals surface area contributed by atoms with Crippen LogP contribution in [0.5, 0.6) is 0 Å². The van der Waals surface area contributed by atoms with Crippen LogP contribution >= 0.6 is 0 Å². The Kier molecular flexibility index (Phi) is 7.14. The highest BCUT2D eigenvalue weighted by molar-refractivity contribution is 6.22. The summed E-state index contributed by atoms with van der Waals surface area (Å²) in [5, 5.41) is 11.6. The minimum atomic E-state index is -0.463. The van der Waals surface area contributed by atoms with E-state index in [1.165, 1.54) is 4.90 Å². The molecule has 2 aliphatic heterocycles. The van der Waals surface area contributed by atoms with E-state index in [2.05, 4.69) is 20.4 Å². The summed E-state index contributed by atoms with van der Waals surface area (Å²) in [5.74, 6) is -0.385. The summed E-state index contributed by atoms with van der Waals surface area (Å²) >= 11 is 0. The van der Waals surface area contributed by atoms with E-state index in [1.54, 1.807) is 24.3 Å². The summed E-state index contributed by atoms with van der Waals surface area (Å²) in [5.41, 5.74) is 1.98. The number of carbonyl (C=O) groups is 2. The van der Waals surface area contributed by atoms with Crippen molar-refractivity contribution in [2.45, 2.75) is 18.9 Å². The first kappa shape index (κ1) is 21.3. The highest BCUT2D eigenvalue weighted by atomic mass is 16.5. The largest absolute Gasteiger partial charge is 0.379 e. The van der Waals surface area contributed by atoms with Crippen LogP contribution in [0.15, 0.2) is 64.8 Å². The van der Waals surface area contributed by atoms with Crippen molar-refractivity contribution in [2.24, 2.45) is 10.2 Å². The Bertz CT molecular complexity index is 911. The molecule has 2 fully saturated rings. The molecule has 0 aliphatic carbocycles. The highest BCUT2D eigenvalue weighted by Crippen LogP contribution is 2.26. The van der Waals surface area contributed by atoms with Crippen molar-refractivity contribution in [2.75, 3.05) is 44.3 Å². The molecule has 1 N–H and O–H groups in total. The molecule has 8 heteroatoms. The van der Waals surface area contributed by atoms with Gasteiger partial charge in [0.05, 0.1) is 42.7 Å². The lowest BCUT2D eigenvalue weighted by atomic mass is 10.2. The molecule has 0 saturated carbocycles. The Hall–Kier alpha value is -2.94. The Morgan fingerprint density at radius 1 is 0.935 bits per heavy atom. The highest BCUT2D eigenvalue weighted by Gasteiger charge is 2.39. The van der Waals surface area contributed by atoms with Gasteiger partial charge in [-0.25, -0.2) is 4.90 Å². The minimum absolute atomic E-state index is 0.186. The third-order valence-corrected chi connectivity index (χ3v) is 5.44. The zero-order valence-electron chi connectivity index (χ0n) is 17.4. The number of imide groups is 1. The van der Waals surface area contributed by atoms with Crippen LogP contribution in [0.3, 0.4) is 0 Å². The summed E-state index contributed by atoms with van der Waals surface area (Å²) in [7, 11) is 0. The predicted molar refractivity (Wildman–Crippen MR) is 118 cm³/mol. The van der Waals surface area contributed by atoms with Crippen LogP contribution < -0.4 is 10.2 Å². The molecule has 1 unspecified atom stereocenters. The van der Waals surface area contributed by atoms with Gasteiger partial charge >= 0.3 is 0 Å². The molecular formula is C23H27N5O3. The second kappa shape index (κ2) is 10.4. The molecule has 2 amide bonds. The van der Waals surface area contributed by atoms with Gasteiger partial charge in [-0.15, -0.1) is 0 Å². The van der Waals surface area contributed by atoms with Gasteiger partial charge in [-0.05, 0) is 55.9 Å². The van der Waals surface area contributed by atoms with Crippen molar-refractivity contribution in [3.8, 4) is 0 Å². The Labute approximate surface area is 181 Å². The van der Waals surface area contributed by atoms with Crippen molar-refractivity contribution in [3.05, 3.63) is 54.6 Å². The molecule has 4 rings (SSSR count). The van der Waals surface area contributed by atoms with E-state index in [9.17, 15) is 9.59 Å². The normalized spacial score (nSPS) is 20.1. The fourth-order valence-corrected chi connectivity index (χ4v) is 3.74. The fraction of sp³-hybridized carbons (Fsp3) is 0.391. The molecule has 2 heterocycles. The summed E-state index contributed by atoms with van der Waals surface area (Å²) in [4.78, 5) is 28.9. The van der Waals surface area contributed by atoms with Gasteiger partial charge in [0.15, 0.2) is 0 Å². The summed E-state index contributed by atoms with van der Waals surface area (Å²) in [6.45, 7) is 5.14. The summed E-state index contributed by atoms with van der Waals surface area (Å²) < 4.78 is 5.35. The number of carbonyl (C=O) groups excluding carboxylic acids is 2. The van der Waals surface area contributed by atoms with E-state index in [4.69, 9.17) is 4.74 Å². The molecule has 31 heavy (non-hydrogen) atoms. The van der Waals surface area contributed by atoms with Gasteiger partial charge in [0.1, 0.15) is 0 Å². The number of amides is 2. The lowest BCUT2D eigenvalue weighted by Crippen LogP contribution is -2.41. The standard InChI is InChI=1S/C23H27N5O3/c29-22-17-21(24-11-4-12-27-13-15-31-16-14-27)23(30)28(22)20-9-7-19(8-10-20)26-25-18-5-2-1-3-6-18/h1-3,5-10,21,24H,4,11-17H2. The van der Waals surface area contributed by atoms with Crippen molar-refractivity contribution in [1.29, 1.82) is 0 Å². The molecule has 2 saturated heterocycles. The molecule has 2 aliphatic rings. The monoisotopic (exact) mass is 421 g/mol. The van der Waals surface area contributed by atoms with Crippen LogP contribution in [0.2, 0.25) is 0 Å². The number of hydrogen-bond donors (Lipinski definition) is 1. The molecular weight excluding hydrogens is 394 g/mol. The molecule has 0 aromatic heterocycles. The summed E-state index contributed by atoms with van der Waals surface area (Å²) in [6.07, 6.45) is 1.12. The van der Waals surface area contributed by atoms with Crippen molar-refractivity contribution >= 4 is 28.9 Å². The Morgan fingerprint density at radius 2 is 1.61 bits per heavy atom. The fourth-order valence-electron chi connectivity index (χ4n) is 3.74. The number of morpholine rings is 1. The maximum Gasteiger partial charge on any atom is 0.251 e. The Morgan fingerprint density at radius 3 is 2.32 bits per heavy atom. The number of nitrogens with one attached hydrogen (secondary N) is 1. The number of hydrogen-bond acceptors (Lipinski definition) is 7. The molecule has 8 nitrogen and oxygen atoms in total. The van der Waals surface area contributed by atoms with Crippen LogP contribution in [-0.2, 0) is 14.3 Å². The topological polar surface area (TPSA) is 86.6 Å². The van der Waals surface area contributed by atoms with Crippen LogP contribution in [-0.4, -0.2) is 62.1 Å². The lowest BCUT2D eigenvalue weighted by molar-refractivity contribution is -0.121. The smallest absolute Gasteiger partial charge is 0.251 e. The average Bonchev–Trinajstić information content (AvgIpc) is 3.10. The molecule has 2 aromatic rings. The third kappa shape index (κ3) is 5.61. The van der Waals surface area contributed by atoms with Crippen LogP contribution in [0.1, 0.15) is 12.8 Å². The number of anilines is 1. The van der Waals surface area contributed by atoms with Crippen molar-refractivity contribution in [3.63, 3.8) is 0 Å². The molecule has 0 radical (unpaired) electrons. The zero-order chi connectivity index (χ0) is 21.5. The molecule has 1 atom stereocenters. The van der Waals surface area contributed by atoms with Gasteiger partial charge in [0.2, 0.25) is 5.91 Å². The van der Waals surface area contributed by atoms with Gasteiger partial charge in [-0.2, -0.15) is 10.2 Å². The molecule has 2 aromatic carbocycles. The first-order chi connectivity index (χ1) is 15.2. The second-order valence-electron chi connectivity index (χ2n) is 7.64. The number of benzene rings is 2. The number of rotatable bonds is 8. The quantitative estimate of drug-likeness (QED) is 0.402. The van der Waals surface area contributed by atoms with Gasteiger partial charge in [0.25, 0.3) is 5.91 Å². The lowest BCUT2D eigenvalue weighted by Gasteiger charge is -2.26. The first-order valence-corrected chi connectivity index (χ1v) is 10.7. The predicted octanol–water partition coefficient (Wildman–Crippen LogP) is 3.05. The SMILES string of the molecule is O=C1CC(NCCCN2CCOCC2)C(=O)N1c1ccc(N=Nc2ccccc2)cc1. The van der Waals surface area contributed by atoms with Gasteiger partial charge in [-0.1, -0.05) is 18.2 Å². The minimum Gasteiger partial charge on any atom is -0.379 e. The molecule has 0 spiro atoms. The third-order valence-electron chi connectivity index (χ3n) is 5.44. The number of nitrogens with zero attached hydrogens (tertiary/aromatic N) is 4. The van der Waals surface area contributed by atoms with Crippen LogP contribution in [0, 0.1) is 0 Å². The van der Waals surface area contributed by atoms with Crippen LogP contribution in [0.4, 0.5) is 17.1 Å². The Balaban J connectivity index is 1.29. The van der Waals surface area contributed by atoms with E-state index >= 15 is 0 Å². The molecule has 162 valence electrons. The van der Waals surface area contributed by atoms with Gasteiger partial charge in [-0.3, -0.25) is 14.5 Å². The number of ether oxygens (including phenoxy) is 1. The van der Waals surface area contributed by atoms with E-state index in [1.807, 2.05) is 30.3 Å². The van der Waals surface area contributed by atoms with Crippen molar-refractivity contribution < 1.29 is 14.3 Å². The van der Waals surface area contributed by atoms with Gasteiger partial charge in [0, 0.05) is 13.1 Å². The number of azo groups is 1. The summed E-state index contributed by atoms with van der Waals surface area (Å²) in [6, 6.07) is 16.0. The maximum atomic E-state index is 12.8. The van der Waals surface area contributed by atoms with Crippen LogP contribution in [0.25, 0.3) is 0 Å². The zero-order valence-corrected chi connectivity index (χ0v) is 17.4. The average molecular weight is 422 g/mol. The van der Waals surface area contributed by atoms with E-state index in [0.717, 1.165) is 45.0 Å². The molecule has 0 bridgehead atoms. The van der Waals surface area contributed by atoms with E-state index in [0.29, 0.717) is 17.9 Å². The maximum absolute atomic E-state index is 12.8. The van der Waals surface area contributed by atoms with Crippen molar-refractivity contribution in [1.82, 2.24) is 10.2 Å². The van der Waals surface area contributed by atoms with E-state index < -0.39 is 6.04 Å². The first-order valence-electron chi connectivity index (χ1n) is 10.7. The van der Waals surface area contributed by atoms with Gasteiger partial charge < -0.3 is 10.1 Å². The van der Waals surface area contributed by atoms with E-state index in [-0.39, 0.29) is 18.2 Å².